The van der Waals surface area contributed by atoms with Gasteiger partial charge in [0.1, 0.15) is 0 Å². The molecule has 8 heteroatoms. The maximum absolute atomic E-state index is 11.7. The van der Waals surface area contributed by atoms with Crippen molar-refractivity contribution < 1.29 is 13.2 Å². The van der Waals surface area contributed by atoms with Crippen molar-refractivity contribution in [3.8, 4) is 0 Å². The zero-order chi connectivity index (χ0) is 15.0. The molecule has 1 amide bonds. The molecule has 0 aliphatic carbocycles. The number of halogens is 1. The first-order chi connectivity index (χ1) is 9.46. The molecule has 0 aromatic heterocycles. The van der Waals surface area contributed by atoms with Gasteiger partial charge in [0.05, 0.1) is 5.75 Å². The molecule has 21 heavy (non-hydrogen) atoms. The third-order valence-electron chi connectivity index (χ3n) is 2.58. The van der Waals surface area contributed by atoms with E-state index in [1.54, 1.807) is 24.3 Å². The second-order valence-electron chi connectivity index (χ2n) is 4.44. The fourth-order valence-corrected chi connectivity index (χ4v) is 2.81. The molecule has 0 aliphatic heterocycles. The molecular weight excluding hydrogens is 314 g/mol. The molecule has 0 atom stereocenters. The van der Waals surface area contributed by atoms with E-state index < -0.39 is 10.0 Å². The summed E-state index contributed by atoms with van der Waals surface area (Å²) in [5.74, 6) is -0.0536. The van der Waals surface area contributed by atoms with Crippen LogP contribution in [-0.2, 0) is 14.8 Å². The molecule has 0 saturated heterocycles. The zero-order valence-corrected chi connectivity index (χ0v) is 13.6. The summed E-state index contributed by atoms with van der Waals surface area (Å²) in [6.45, 7) is 2.23. The Balaban J connectivity index is 0.00000400. The molecule has 1 aromatic rings. The summed E-state index contributed by atoms with van der Waals surface area (Å²) >= 11 is 0. The van der Waals surface area contributed by atoms with Gasteiger partial charge in [-0.2, -0.15) is 0 Å². The van der Waals surface area contributed by atoms with Crippen molar-refractivity contribution in [3.63, 3.8) is 0 Å². The quantitative estimate of drug-likeness (QED) is 0.675. The predicted molar refractivity (Wildman–Crippen MR) is 88.3 cm³/mol. The monoisotopic (exact) mass is 335 g/mol. The molecule has 0 fully saturated rings. The summed E-state index contributed by atoms with van der Waals surface area (Å²) in [6.07, 6.45) is 1.71. The Morgan fingerprint density at radius 2 is 1.76 bits per heavy atom. The highest BCUT2D eigenvalue weighted by molar-refractivity contribution is 7.92. The number of hydrogen-bond acceptors (Lipinski definition) is 4. The van der Waals surface area contributed by atoms with Crippen molar-refractivity contribution in [3.05, 3.63) is 24.3 Å². The predicted octanol–water partition coefficient (Wildman–Crippen LogP) is 1.94. The van der Waals surface area contributed by atoms with Gasteiger partial charge in [-0.25, -0.2) is 8.42 Å². The Labute approximate surface area is 132 Å². The van der Waals surface area contributed by atoms with Gasteiger partial charge < -0.3 is 11.1 Å². The number of anilines is 2. The summed E-state index contributed by atoms with van der Waals surface area (Å²) in [5.41, 5.74) is 6.37. The van der Waals surface area contributed by atoms with Crippen LogP contribution in [0.1, 0.15) is 26.2 Å². The molecular formula is C13H22ClN3O3S. The molecule has 6 nitrogen and oxygen atoms in total. The van der Waals surface area contributed by atoms with E-state index in [9.17, 15) is 13.2 Å². The van der Waals surface area contributed by atoms with E-state index in [2.05, 4.69) is 10.0 Å². The molecule has 0 heterocycles. The molecule has 0 unspecified atom stereocenters. The lowest BCUT2D eigenvalue weighted by Gasteiger charge is -2.09. The molecule has 120 valence electrons. The molecule has 1 rings (SSSR count). The minimum Gasteiger partial charge on any atom is -0.330 e. The summed E-state index contributed by atoms with van der Waals surface area (Å²) in [5, 5.41) is 2.67. The van der Waals surface area contributed by atoms with Crippen molar-refractivity contribution in [2.45, 2.75) is 26.2 Å². The number of carbonyl (C=O) groups is 1. The van der Waals surface area contributed by atoms with E-state index in [0.29, 0.717) is 24.3 Å². The number of benzene rings is 1. The standard InChI is InChI=1S/C13H21N3O3S.ClH/c1-2-3-10-20(18,19)16-12-6-4-11(5-7-12)15-13(17)8-9-14;/h4-7,16H,2-3,8-10,14H2,1H3,(H,15,17);1H. The van der Waals surface area contributed by atoms with Crippen LogP contribution < -0.4 is 15.8 Å². The second-order valence-corrected chi connectivity index (χ2v) is 6.28. The first-order valence-electron chi connectivity index (χ1n) is 6.57. The highest BCUT2D eigenvalue weighted by Crippen LogP contribution is 2.15. The fourth-order valence-electron chi connectivity index (χ4n) is 1.54. The number of nitrogens with one attached hydrogen (secondary N) is 2. The lowest BCUT2D eigenvalue weighted by Crippen LogP contribution is -2.17. The Hall–Kier alpha value is -1.31. The third kappa shape index (κ3) is 7.89. The molecule has 4 N–H and O–H groups in total. The molecule has 0 spiro atoms. The minimum atomic E-state index is -3.30. The maximum atomic E-state index is 11.7. The van der Waals surface area contributed by atoms with Gasteiger partial charge in [-0.1, -0.05) is 13.3 Å². The van der Waals surface area contributed by atoms with Crippen LogP contribution in [0.15, 0.2) is 24.3 Å². The molecule has 1 aromatic carbocycles. The van der Waals surface area contributed by atoms with E-state index in [0.717, 1.165) is 6.42 Å². The van der Waals surface area contributed by atoms with Gasteiger partial charge in [0.2, 0.25) is 15.9 Å². The molecule has 0 aliphatic rings. The van der Waals surface area contributed by atoms with Crippen LogP contribution in [0.2, 0.25) is 0 Å². The summed E-state index contributed by atoms with van der Waals surface area (Å²) in [7, 11) is -3.30. The van der Waals surface area contributed by atoms with Gasteiger partial charge in [-0.15, -0.1) is 12.4 Å². The van der Waals surface area contributed by atoms with Crippen molar-refractivity contribution >= 4 is 39.7 Å². The number of amides is 1. The highest BCUT2D eigenvalue weighted by Gasteiger charge is 2.09. The lowest BCUT2D eigenvalue weighted by molar-refractivity contribution is -0.116. The summed E-state index contributed by atoms with van der Waals surface area (Å²) < 4.78 is 25.9. The van der Waals surface area contributed by atoms with Crippen LogP contribution in [-0.4, -0.2) is 26.6 Å². The van der Waals surface area contributed by atoms with Crippen LogP contribution in [0, 0.1) is 0 Å². The number of nitrogens with two attached hydrogens (primary N) is 1. The minimum absolute atomic E-state index is 0. The van der Waals surface area contributed by atoms with Crippen LogP contribution >= 0.6 is 12.4 Å². The van der Waals surface area contributed by atoms with Crippen molar-refractivity contribution in [1.29, 1.82) is 0 Å². The van der Waals surface area contributed by atoms with Crippen LogP contribution in [0.3, 0.4) is 0 Å². The molecule has 0 bridgehead atoms. The first kappa shape index (κ1) is 19.7. The van der Waals surface area contributed by atoms with E-state index in [1.165, 1.54) is 0 Å². The van der Waals surface area contributed by atoms with Gasteiger partial charge in [0, 0.05) is 24.3 Å². The second kappa shape index (κ2) is 9.59. The van der Waals surface area contributed by atoms with Crippen LogP contribution in [0.5, 0.6) is 0 Å². The highest BCUT2D eigenvalue weighted by atomic mass is 35.5. The zero-order valence-electron chi connectivity index (χ0n) is 12.0. The Bertz CT molecular complexity index is 532. The topological polar surface area (TPSA) is 101 Å². The maximum Gasteiger partial charge on any atom is 0.232 e. The number of rotatable bonds is 8. The number of sulfonamides is 1. The van der Waals surface area contributed by atoms with E-state index >= 15 is 0 Å². The average molecular weight is 336 g/mol. The Morgan fingerprint density at radius 1 is 1.19 bits per heavy atom. The molecule has 0 radical (unpaired) electrons. The molecule has 0 saturated carbocycles. The van der Waals surface area contributed by atoms with Gasteiger partial charge in [-0.3, -0.25) is 9.52 Å². The van der Waals surface area contributed by atoms with E-state index in [-0.39, 0.29) is 30.5 Å². The number of hydrogen-bond donors (Lipinski definition) is 3. The van der Waals surface area contributed by atoms with E-state index in [1.807, 2.05) is 6.92 Å². The summed E-state index contributed by atoms with van der Waals surface area (Å²) in [4.78, 5) is 11.3. The van der Waals surface area contributed by atoms with Crippen molar-refractivity contribution in [1.82, 2.24) is 0 Å². The van der Waals surface area contributed by atoms with Crippen molar-refractivity contribution in [2.75, 3.05) is 22.3 Å². The smallest absolute Gasteiger partial charge is 0.232 e. The lowest BCUT2D eigenvalue weighted by atomic mass is 10.3. The van der Waals surface area contributed by atoms with Gasteiger partial charge in [0.15, 0.2) is 0 Å². The largest absolute Gasteiger partial charge is 0.330 e. The normalized spacial score (nSPS) is 10.6. The van der Waals surface area contributed by atoms with Crippen LogP contribution in [0.25, 0.3) is 0 Å². The van der Waals surface area contributed by atoms with Gasteiger partial charge >= 0.3 is 0 Å². The Morgan fingerprint density at radius 3 is 2.29 bits per heavy atom. The van der Waals surface area contributed by atoms with Gasteiger partial charge in [-0.05, 0) is 30.7 Å². The number of unbranched alkanes of at least 4 members (excludes halogenated alkanes) is 1. The SMILES string of the molecule is CCCCS(=O)(=O)Nc1ccc(NC(=O)CCN)cc1.Cl. The first-order valence-corrected chi connectivity index (χ1v) is 8.22. The van der Waals surface area contributed by atoms with Crippen LogP contribution in [0.4, 0.5) is 11.4 Å². The van der Waals surface area contributed by atoms with Gasteiger partial charge in [0.25, 0.3) is 0 Å². The third-order valence-corrected chi connectivity index (χ3v) is 3.95. The number of carbonyl (C=O) groups excluding carboxylic acids is 1. The van der Waals surface area contributed by atoms with E-state index in [4.69, 9.17) is 5.73 Å². The van der Waals surface area contributed by atoms with Crippen molar-refractivity contribution in [2.24, 2.45) is 5.73 Å². The fraction of sp³-hybridized carbons (Fsp3) is 0.462. The average Bonchev–Trinajstić information content (AvgIpc) is 2.39. The Kier molecular flexibility index (Phi) is 9.00. The summed E-state index contributed by atoms with van der Waals surface area (Å²) in [6, 6.07) is 6.52.